The Kier molecular flexibility index (Phi) is 4.59. The van der Waals surface area contributed by atoms with Crippen molar-refractivity contribution in [3.63, 3.8) is 0 Å². The van der Waals surface area contributed by atoms with E-state index in [9.17, 15) is 19.7 Å². The van der Waals surface area contributed by atoms with Crippen LogP contribution in [0.4, 0.5) is 5.69 Å². The van der Waals surface area contributed by atoms with Crippen LogP contribution in [0.5, 0.6) is 0 Å². The number of fused-ring (bicyclic) bond motifs is 1. The fraction of sp³-hybridized carbons (Fsp3) is 0.0556. The fourth-order valence-corrected chi connectivity index (χ4v) is 2.99. The van der Waals surface area contributed by atoms with Gasteiger partial charge in [-0.15, -0.1) is 6.58 Å². The first-order chi connectivity index (χ1) is 12.4. The molecule has 1 saturated heterocycles. The molecule has 0 saturated carbocycles. The van der Waals surface area contributed by atoms with Gasteiger partial charge in [0.15, 0.2) is 5.11 Å². The highest BCUT2D eigenvalue weighted by molar-refractivity contribution is 7.80. The smallest absolute Gasteiger partial charge is 0.284 e. The van der Waals surface area contributed by atoms with Crippen molar-refractivity contribution in [1.82, 2.24) is 10.2 Å². The van der Waals surface area contributed by atoms with Gasteiger partial charge in [0.1, 0.15) is 5.57 Å². The third-order valence-electron chi connectivity index (χ3n) is 3.91. The summed E-state index contributed by atoms with van der Waals surface area (Å²) in [5, 5.41) is 15.1. The molecular formula is C18H13N3O4S. The Morgan fingerprint density at radius 2 is 1.96 bits per heavy atom. The molecule has 130 valence electrons. The van der Waals surface area contributed by atoms with E-state index in [-0.39, 0.29) is 28.5 Å². The lowest BCUT2D eigenvalue weighted by atomic mass is 10.0. The molecule has 0 aliphatic carbocycles. The second-order valence-corrected chi connectivity index (χ2v) is 5.89. The number of nitrogens with zero attached hydrogens (tertiary/aromatic N) is 2. The van der Waals surface area contributed by atoms with E-state index in [4.69, 9.17) is 12.2 Å². The number of nitrogens with one attached hydrogen (secondary N) is 1. The summed E-state index contributed by atoms with van der Waals surface area (Å²) in [5.41, 5.74) is -0.225. The van der Waals surface area contributed by atoms with E-state index in [0.29, 0.717) is 10.8 Å². The molecule has 2 amide bonds. The average Bonchev–Trinajstić information content (AvgIpc) is 2.61. The van der Waals surface area contributed by atoms with Gasteiger partial charge in [-0.2, -0.15) is 0 Å². The first kappa shape index (κ1) is 17.4. The molecule has 0 unspecified atom stereocenters. The van der Waals surface area contributed by atoms with E-state index in [2.05, 4.69) is 11.9 Å². The standard InChI is InChI=1S/C18H13N3O4S/c1-2-9-20-17(23)14(16(22)19-18(20)26)10-12-8-7-11-5-3-4-6-13(11)15(12)21(24)25/h2-8,10H,1,9H2,(H,19,22,26)/b14-10+. The normalized spacial score (nSPS) is 16.1. The van der Waals surface area contributed by atoms with E-state index in [1.807, 2.05) is 0 Å². The van der Waals surface area contributed by atoms with Gasteiger partial charge < -0.3 is 0 Å². The van der Waals surface area contributed by atoms with Gasteiger partial charge >= 0.3 is 0 Å². The topological polar surface area (TPSA) is 92.6 Å². The SMILES string of the molecule is C=CCN1C(=O)/C(=C/c2ccc3ccccc3c2[N+](=O)[O-])C(=O)NC1=S. The molecular weight excluding hydrogens is 354 g/mol. The molecule has 1 aliphatic heterocycles. The Labute approximate surface area is 153 Å². The Bertz CT molecular complexity index is 1010. The highest BCUT2D eigenvalue weighted by atomic mass is 32.1. The lowest BCUT2D eigenvalue weighted by Crippen LogP contribution is -2.53. The van der Waals surface area contributed by atoms with Crippen LogP contribution in [-0.4, -0.2) is 33.3 Å². The number of amides is 2. The van der Waals surface area contributed by atoms with Crippen molar-refractivity contribution in [2.75, 3.05) is 6.54 Å². The number of nitro benzene ring substituents is 1. The van der Waals surface area contributed by atoms with Gasteiger partial charge in [0.25, 0.3) is 17.5 Å². The second kappa shape index (κ2) is 6.85. The largest absolute Gasteiger partial charge is 0.298 e. The van der Waals surface area contributed by atoms with Crippen LogP contribution in [0.2, 0.25) is 0 Å². The van der Waals surface area contributed by atoms with Crippen LogP contribution in [-0.2, 0) is 9.59 Å². The van der Waals surface area contributed by atoms with Gasteiger partial charge in [-0.1, -0.05) is 30.3 Å². The number of rotatable bonds is 4. The summed E-state index contributed by atoms with van der Waals surface area (Å²) in [4.78, 5) is 37.0. The quantitative estimate of drug-likeness (QED) is 0.224. The molecule has 0 radical (unpaired) electrons. The summed E-state index contributed by atoms with van der Waals surface area (Å²) in [5.74, 6) is -1.32. The molecule has 0 spiro atoms. The van der Waals surface area contributed by atoms with Crippen LogP contribution in [0, 0.1) is 10.1 Å². The molecule has 1 heterocycles. The Morgan fingerprint density at radius 1 is 1.23 bits per heavy atom. The zero-order chi connectivity index (χ0) is 18.8. The molecule has 1 fully saturated rings. The predicted octanol–water partition coefficient (Wildman–Crippen LogP) is 2.56. The molecule has 2 aromatic rings. The van der Waals surface area contributed by atoms with Crippen LogP contribution in [0.25, 0.3) is 16.8 Å². The van der Waals surface area contributed by atoms with Crippen molar-refractivity contribution in [3.8, 4) is 0 Å². The molecule has 0 aromatic heterocycles. The summed E-state index contributed by atoms with van der Waals surface area (Å²) in [6.45, 7) is 3.67. The van der Waals surface area contributed by atoms with Gasteiger partial charge in [-0.25, -0.2) is 0 Å². The molecule has 0 bridgehead atoms. The Hall–Kier alpha value is -3.39. The summed E-state index contributed by atoms with van der Waals surface area (Å²) in [7, 11) is 0. The summed E-state index contributed by atoms with van der Waals surface area (Å²) in [6.07, 6.45) is 2.69. The highest BCUT2D eigenvalue weighted by Crippen LogP contribution is 2.31. The van der Waals surface area contributed by atoms with Gasteiger partial charge in [0.2, 0.25) is 0 Å². The predicted molar refractivity (Wildman–Crippen MR) is 101 cm³/mol. The van der Waals surface area contributed by atoms with Gasteiger partial charge in [0.05, 0.1) is 15.9 Å². The van der Waals surface area contributed by atoms with Crippen molar-refractivity contribution in [1.29, 1.82) is 0 Å². The number of nitro groups is 1. The second-order valence-electron chi connectivity index (χ2n) is 5.50. The van der Waals surface area contributed by atoms with Crippen LogP contribution < -0.4 is 5.32 Å². The van der Waals surface area contributed by atoms with Gasteiger partial charge in [-0.3, -0.25) is 29.9 Å². The fourth-order valence-electron chi connectivity index (χ4n) is 2.74. The molecule has 2 aromatic carbocycles. The van der Waals surface area contributed by atoms with E-state index in [0.717, 1.165) is 0 Å². The van der Waals surface area contributed by atoms with Crippen molar-refractivity contribution in [2.24, 2.45) is 0 Å². The van der Waals surface area contributed by atoms with E-state index in [1.165, 1.54) is 23.1 Å². The molecule has 7 nitrogen and oxygen atoms in total. The number of thiocarbonyl (C=S) groups is 1. The maximum absolute atomic E-state index is 12.6. The maximum atomic E-state index is 12.6. The maximum Gasteiger partial charge on any atom is 0.284 e. The summed E-state index contributed by atoms with van der Waals surface area (Å²) >= 11 is 4.98. The summed E-state index contributed by atoms with van der Waals surface area (Å²) in [6, 6.07) is 10.1. The summed E-state index contributed by atoms with van der Waals surface area (Å²) < 4.78 is 0. The highest BCUT2D eigenvalue weighted by Gasteiger charge is 2.33. The lowest BCUT2D eigenvalue weighted by molar-refractivity contribution is -0.383. The van der Waals surface area contributed by atoms with Crippen molar-refractivity contribution < 1.29 is 14.5 Å². The third-order valence-corrected chi connectivity index (χ3v) is 4.23. The molecule has 0 atom stereocenters. The molecule has 26 heavy (non-hydrogen) atoms. The first-order valence-corrected chi connectivity index (χ1v) is 8.00. The minimum atomic E-state index is -0.692. The molecule has 1 aliphatic rings. The van der Waals surface area contributed by atoms with Crippen LogP contribution in [0.15, 0.2) is 54.6 Å². The van der Waals surface area contributed by atoms with Crippen molar-refractivity contribution in [3.05, 3.63) is 70.3 Å². The van der Waals surface area contributed by atoms with E-state index < -0.39 is 16.7 Å². The minimum absolute atomic E-state index is 0.0231. The van der Waals surface area contributed by atoms with Gasteiger partial charge in [0, 0.05) is 6.54 Å². The average molecular weight is 367 g/mol. The zero-order valence-corrected chi connectivity index (χ0v) is 14.3. The zero-order valence-electron chi connectivity index (χ0n) is 13.5. The van der Waals surface area contributed by atoms with Crippen LogP contribution in [0.3, 0.4) is 0 Å². The lowest BCUT2D eigenvalue weighted by Gasteiger charge is -2.27. The third kappa shape index (κ3) is 2.98. The molecule has 8 heteroatoms. The number of hydrogen-bond acceptors (Lipinski definition) is 5. The monoisotopic (exact) mass is 367 g/mol. The minimum Gasteiger partial charge on any atom is -0.298 e. The van der Waals surface area contributed by atoms with Crippen molar-refractivity contribution >= 4 is 51.7 Å². The van der Waals surface area contributed by atoms with Gasteiger partial charge in [-0.05, 0) is 35.8 Å². The van der Waals surface area contributed by atoms with Crippen LogP contribution in [0.1, 0.15) is 5.56 Å². The number of hydrogen-bond donors (Lipinski definition) is 1. The van der Waals surface area contributed by atoms with E-state index >= 15 is 0 Å². The molecule has 3 rings (SSSR count). The van der Waals surface area contributed by atoms with E-state index in [1.54, 1.807) is 30.3 Å². The van der Waals surface area contributed by atoms with Crippen LogP contribution >= 0.6 is 12.2 Å². The Balaban J connectivity index is 2.17. The number of carbonyl (C=O) groups excluding carboxylic acids is 2. The number of carbonyl (C=O) groups is 2. The first-order valence-electron chi connectivity index (χ1n) is 7.60. The van der Waals surface area contributed by atoms with Crippen molar-refractivity contribution in [2.45, 2.75) is 0 Å². The molecule has 1 N–H and O–H groups in total. The number of benzene rings is 2. The Morgan fingerprint density at radius 3 is 2.65 bits per heavy atom.